The molecular weight excluding hydrogens is 242 g/mol. The first-order valence-electron chi connectivity index (χ1n) is 6.58. The van der Waals surface area contributed by atoms with Gasteiger partial charge in [-0.2, -0.15) is 0 Å². The normalized spacial score (nSPS) is 20.5. The van der Waals surface area contributed by atoms with Crippen LogP contribution in [0.25, 0.3) is 10.4 Å². The molecule has 2 atom stereocenters. The molecule has 1 aliphatic rings. The van der Waals surface area contributed by atoms with E-state index in [4.69, 9.17) is 10.3 Å². The molecule has 1 fully saturated rings. The molecule has 5 nitrogen and oxygen atoms in total. The number of amides is 1. The van der Waals surface area contributed by atoms with Crippen molar-refractivity contribution in [2.24, 2.45) is 11.0 Å². The predicted molar refractivity (Wildman–Crippen MR) is 71.8 cm³/mol. The van der Waals surface area contributed by atoms with Crippen LogP contribution in [0, 0.1) is 5.92 Å². The van der Waals surface area contributed by atoms with Crippen LogP contribution in [0.1, 0.15) is 37.7 Å². The highest BCUT2D eigenvalue weighted by atomic mass is 16.5. The van der Waals surface area contributed by atoms with Gasteiger partial charge in [-0.1, -0.05) is 25.5 Å². The molecule has 0 spiro atoms. The predicted octanol–water partition coefficient (Wildman–Crippen LogP) is 3.81. The van der Waals surface area contributed by atoms with Gasteiger partial charge in [-0.25, -0.2) is 0 Å². The van der Waals surface area contributed by atoms with Crippen LogP contribution in [0.15, 0.2) is 29.4 Å². The molecule has 0 N–H and O–H groups in total. The summed E-state index contributed by atoms with van der Waals surface area (Å²) in [7, 11) is 0. The van der Waals surface area contributed by atoms with E-state index in [1.807, 2.05) is 24.3 Å². The van der Waals surface area contributed by atoms with E-state index in [0.717, 1.165) is 37.2 Å². The van der Waals surface area contributed by atoms with Crippen molar-refractivity contribution in [2.45, 2.75) is 32.1 Å². The Morgan fingerprint density at radius 2 is 2.21 bits per heavy atom. The summed E-state index contributed by atoms with van der Waals surface area (Å²) in [5.41, 5.74) is 9.34. The molecule has 0 unspecified atom stereocenters. The van der Waals surface area contributed by atoms with Crippen LogP contribution in [0.3, 0.4) is 0 Å². The maximum atomic E-state index is 11.4. The number of ether oxygens (including phenoxy) is 1. The molecule has 0 aliphatic heterocycles. The Hall–Kier alpha value is -2.00. The summed E-state index contributed by atoms with van der Waals surface area (Å²) >= 11 is 0. The van der Waals surface area contributed by atoms with Crippen molar-refractivity contribution in [3.8, 4) is 5.75 Å². The summed E-state index contributed by atoms with van der Waals surface area (Å²) < 4.78 is 5.58. The third-order valence-corrected chi connectivity index (χ3v) is 3.33. The molecule has 1 amide bonds. The molecule has 19 heavy (non-hydrogen) atoms. The molecule has 0 radical (unpaired) electrons. The number of benzene rings is 1. The van der Waals surface area contributed by atoms with Crippen molar-refractivity contribution in [1.29, 1.82) is 0 Å². The zero-order valence-corrected chi connectivity index (χ0v) is 11.0. The van der Waals surface area contributed by atoms with E-state index in [2.05, 4.69) is 16.9 Å². The zero-order chi connectivity index (χ0) is 13.7. The van der Waals surface area contributed by atoms with E-state index in [1.165, 1.54) is 0 Å². The standard InChI is InChI=1S/C14H17N3O2/c1-2-3-8-19-11-6-4-10(5-7-11)12-9-13(12)14(18)16-17-15/h4-7,12-13H,2-3,8-9H2,1H3/t12-,13+/m1/s1. The molecule has 0 aromatic heterocycles. The van der Waals surface area contributed by atoms with E-state index in [0.29, 0.717) is 0 Å². The second-order valence-electron chi connectivity index (χ2n) is 4.75. The smallest absolute Gasteiger partial charge is 0.222 e. The van der Waals surface area contributed by atoms with Gasteiger partial charge in [0.1, 0.15) is 5.75 Å². The van der Waals surface area contributed by atoms with E-state index in [-0.39, 0.29) is 17.7 Å². The number of carbonyl (C=O) groups excluding carboxylic acids is 1. The van der Waals surface area contributed by atoms with Gasteiger partial charge < -0.3 is 4.74 Å². The SMILES string of the molecule is CCCCOc1ccc([C@H]2C[C@@H]2C(=O)N=[N+]=[N-])cc1. The fraction of sp³-hybridized carbons (Fsp3) is 0.500. The van der Waals surface area contributed by atoms with E-state index in [9.17, 15) is 4.79 Å². The zero-order valence-electron chi connectivity index (χ0n) is 11.0. The van der Waals surface area contributed by atoms with Crippen LogP contribution in [-0.4, -0.2) is 12.5 Å². The minimum Gasteiger partial charge on any atom is -0.494 e. The number of azide groups is 1. The molecule has 0 saturated heterocycles. The second kappa shape index (κ2) is 6.25. The van der Waals surface area contributed by atoms with Crippen LogP contribution in [0.5, 0.6) is 5.75 Å². The van der Waals surface area contributed by atoms with Crippen molar-refractivity contribution in [2.75, 3.05) is 6.61 Å². The first kappa shape index (κ1) is 13.4. The lowest BCUT2D eigenvalue weighted by molar-refractivity contribution is -0.119. The molecule has 2 rings (SSSR count). The Kier molecular flexibility index (Phi) is 4.42. The Balaban J connectivity index is 1.90. The third-order valence-electron chi connectivity index (χ3n) is 3.33. The maximum absolute atomic E-state index is 11.4. The van der Waals surface area contributed by atoms with Crippen LogP contribution in [0.2, 0.25) is 0 Å². The number of carbonyl (C=O) groups is 1. The van der Waals surface area contributed by atoms with E-state index >= 15 is 0 Å². The monoisotopic (exact) mass is 259 g/mol. The van der Waals surface area contributed by atoms with Gasteiger partial charge >= 0.3 is 0 Å². The van der Waals surface area contributed by atoms with E-state index < -0.39 is 0 Å². The minimum atomic E-state index is -0.351. The summed E-state index contributed by atoms with van der Waals surface area (Å²) in [5, 5.41) is 3.15. The Morgan fingerprint density at radius 1 is 1.47 bits per heavy atom. The fourth-order valence-corrected chi connectivity index (χ4v) is 2.10. The highest BCUT2D eigenvalue weighted by molar-refractivity contribution is 5.83. The third kappa shape index (κ3) is 3.48. The van der Waals surface area contributed by atoms with Crippen LogP contribution < -0.4 is 4.74 Å². The lowest BCUT2D eigenvalue weighted by Gasteiger charge is -2.06. The number of unbranched alkanes of at least 4 members (excludes halogenated alkanes) is 1. The summed E-state index contributed by atoms with van der Waals surface area (Å²) in [5.74, 6) is 0.567. The Labute approximate surface area is 112 Å². The molecule has 0 bridgehead atoms. The molecule has 1 aromatic rings. The molecule has 0 heterocycles. The molecule has 1 aromatic carbocycles. The molecular formula is C14H17N3O2. The average molecular weight is 259 g/mol. The van der Waals surface area contributed by atoms with Crippen molar-refractivity contribution in [1.82, 2.24) is 0 Å². The largest absolute Gasteiger partial charge is 0.494 e. The fourth-order valence-electron chi connectivity index (χ4n) is 2.10. The van der Waals surface area contributed by atoms with Crippen molar-refractivity contribution in [3.05, 3.63) is 40.3 Å². The van der Waals surface area contributed by atoms with Crippen LogP contribution in [-0.2, 0) is 4.79 Å². The number of hydrogen-bond acceptors (Lipinski definition) is 2. The summed E-state index contributed by atoms with van der Waals surface area (Å²) in [6, 6.07) is 7.82. The number of hydrogen-bond donors (Lipinski definition) is 0. The van der Waals surface area contributed by atoms with Crippen LogP contribution >= 0.6 is 0 Å². The second-order valence-corrected chi connectivity index (χ2v) is 4.75. The molecule has 100 valence electrons. The summed E-state index contributed by atoms with van der Waals surface area (Å²) in [6.45, 7) is 2.86. The lowest BCUT2D eigenvalue weighted by atomic mass is 10.1. The first-order chi connectivity index (χ1) is 9.26. The number of rotatable bonds is 6. The Morgan fingerprint density at radius 3 is 2.84 bits per heavy atom. The van der Waals surface area contributed by atoms with Gasteiger partial charge in [-0.15, -0.1) is 0 Å². The molecule has 1 aliphatic carbocycles. The first-order valence-corrected chi connectivity index (χ1v) is 6.58. The maximum Gasteiger partial charge on any atom is 0.222 e. The number of nitrogens with zero attached hydrogens (tertiary/aromatic N) is 3. The van der Waals surface area contributed by atoms with Gasteiger partial charge in [-0.05, 0) is 47.1 Å². The van der Waals surface area contributed by atoms with E-state index in [1.54, 1.807) is 0 Å². The van der Waals surface area contributed by atoms with Crippen LogP contribution in [0.4, 0.5) is 0 Å². The summed E-state index contributed by atoms with van der Waals surface area (Å²) in [4.78, 5) is 13.9. The average Bonchev–Trinajstić information content (AvgIpc) is 3.20. The van der Waals surface area contributed by atoms with Crippen molar-refractivity contribution >= 4 is 5.91 Å². The minimum absolute atomic E-state index is 0.136. The topological polar surface area (TPSA) is 75.1 Å². The summed E-state index contributed by atoms with van der Waals surface area (Å²) in [6.07, 6.45) is 2.93. The van der Waals surface area contributed by atoms with Crippen molar-refractivity contribution < 1.29 is 9.53 Å². The lowest BCUT2D eigenvalue weighted by Crippen LogP contribution is -1.98. The molecule has 1 saturated carbocycles. The van der Waals surface area contributed by atoms with Crippen molar-refractivity contribution in [3.63, 3.8) is 0 Å². The van der Waals surface area contributed by atoms with Gasteiger partial charge in [0, 0.05) is 10.8 Å². The Bertz CT molecular complexity index is 492. The van der Waals surface area contributed by atoms with Gasteiger partial charge in [0.2, 0.25) is 5.91 Å². The van der Waals surface area contributed by atoms with Gasteiger partial charge in [-0.3, -0.25) is 4.79 Å². The quantitative estimate of drug-likeness (QED) is 0.337. The van der Waals surface area contributed by atoms with Gasteiger partial charge in [0.15, 0.2) is 0 Å². The highest BCUT2D eigenvalue weighted by Crippen LogP contribution is 2.48. The molecule has 5 heteroatoms. The van der Waals surface area contributed by atoms with Gasteiger partial charge in [0.05, 0.1) is 6.61 Å². The highest BCUT2D eigenvalue weighted by Gasteiger charge is 2.43. The van der Waals surface area contributed by atoms with Gasteiger partial charge in [0.25, 0.3) is 0 Å².